The van der Waals surface area contributed by atoms with Crippen molar-refractivity contribution in [3.05, 3.63) is 58.6 Å². The highest BCUT2D eigenvalue weighted by Crippen LogP contribution is 2.25. The van der Waals surface area contributed by atoms with Crippen LogP contribution in [0.1, 0.15) is 24.8 Å². The van der Waals surface area contributed by atoms with Crippen LogP contribution in [0.3, 0.4) is 0 Å². The van der Waals surface area contributed by atoms with Crippen LogP contribution in [0.15, 0.2) is 52.3 Å². The summed E-state index contributed by atoms with van der Waals surface area (Å²) >= 11 is 0. The molecule has 0 bridgehead atoms. The molecule has 29 heavy (non-hydrogen) atoms. The van der Waals surface area contributed by atoms with E-state index in [0.29, 0.717) is 36.7 Å². The summed E-state index contributed by atoms with van der Waals surface area (Å²) in [5.74, 6) is 0. The highest BCUT2D eigenvalue weighted by molar-refractivity contribution is 7.89. The number of rotatable bonds is 6. The van der Waals surface area contributed by atoms with Gasteiger partial charge in [-0.3, -0.25) is 4.40 Å². The predicted molar refractivity (Wildman–Crippen MR) is 112 cm³/mol. The number of nitrogens with one attached hydrogen (secondary N) is 1. The molecule has 0 aliphatic carbocycles. The van der Waals surface area contributed by atoms with Crippen molar-refractivity contribution in [2.45, 2.75) is 37.6 Å². The third-order valence-electron chi connectivity index (χ3n) is 5.29. The van der Waals surface area contributed by atoms with Crippen molar-refractivity contribution < 1.29 is 8.42 Å². The molecule has 0 amide bonds. The zero-order chi connectivity index (χ0) is 20.4. The van der Waals surface area contributed by atoms with Gasteiger partial charge in [0.15, 0.2) is 5.65 Å². The van der Waals surface area contributed by atoms with Gasteiger partial charge in [0.2, 0.25) is 10.0 Å². The first-order chi connectivity index (χ1) is 14.0. The summed E-state index contributed by atoms with van der Waals surface area (Å²) in [7, 11) is -3.48. The summed E-state index contributed by atoms with van der Waals surface area (Å²) in [5, 5.41) is 7.56. The minimum absolute atomic E-state index is 0.194. The van der Waals surface area contributed by atoms with Gasteiger partial charge in [-0.05, 0) is 49.6 Å². The summed E-state index contributed by atoms with van der Waals surface area (Å²) in [6, 6.07) is 10.6. The van der Waals surface area contributed by atoms with Crippen LogP contribution in [0, 0.1) is 6.92 Å². The number of anilines is 1. The van der Waals surface area contributed by atoms with E-state index in [2.05, 4.69) is 10.4 Å². The standard InChI is InChI=1S/C20H25N5O3S/c1-16-8-9-17(29(27,28)23-11-4-2-5-12-23)15-18(16)21-10-14-25-20(26)24-13-6-3-7-19(24)22-25/h3,6-9,13,15,21H,2,4-5,10-12,14H2,1H3. The molecule has 9 heteroatoms. The lowest BCUT2D eigenvalue weighted by Crippen LogP contribution is -2.35. The minimum Gasteiger partial charge on any atom is -0.383 e. The summed E-state index contributed by atoms with van der Waals surface area (Å²) in [4.78, 5) is 12.7. The van der Waals surface area contributed by atoms with Crippen molar-refractivity contribution in [1.29, 1.82) is 0 Å². The van der Waals surface area contributed by atoms with Crippen LogP contribution in [0.2, 0.25) is 0 Å². The number of aryl methyl sites for hydroxylation is 1. The van der Waals surface area contributed by atoms with E-state index in [0.717, 1.165) is 30.5 Å². The lowest BCUT2D eigenvalue weighted by atomic mass is 10.2. The monoisotopic (exact) mass is 415 g/mol. The van der Waals surface area contributed by atoms with Crippen LogP contribution in [0.4, 0.5) is 5.69 Å². The molecule has 0 unspecified atom stereocenters. The highest BCUT2D eigenvalue weighted by Gasteiger charge is 2.26. The summed E-state index contributed by atoms with van der Waals surface area (Å²) in [6.07, 6.45) is 4.58. The number of fused-ring (bicyclic) bond motifs is 1. The third kappa shape index (κ3) is 3.92. The third-order valence-corrected chi connectivity index (χ3v) is 7.18. The van der Waals surface area contributed by atoms with Gasteiger partial charge >= 0.3 is 5.69 Å². The number of hydrogen-bond donors (Lipinski definition) is 1. The molecule has 1 aromatic carbocycles. The molecule has 8 nitrogen and oxygen atoms in total. The van der Waals surface area contributed by atoms with Crippen LogP contribution >= 0.6 is 0 Å². The molecule has 1 aliphatic rings. The number of piperidine rings is 1. The second-order valence-electron chi connectivity index (χ2n) is 7.30. The van der Waals surface area contributed by atoms with E-state index in [1.165, 1.54) is 9.08 Å². The largest absolute Gasteiger partial charge is 0.383 e. The summed E-state index contributed by atoms with van der Waals surface area (Å²) in [5.41, 5.74) is 2.11. The van der Waals surface area contributed by atoms with Gasteiger partial charge in [-0.25, -0.2) is 17.9 Å². The fraction of sp³-hybridized carbons (Fsp3) is 0.400. The van der Waals surface area contributed by atoms with Gasteiger partial charge in [0.05, 0.1) is 11.4 Å². The van der Waals surface area contributed by atoms with Crippen LogP contribution in [-0.2, 0) is 16.6 Å². The Kier molecular flexibility index (Phi) is 5.42. The first-order valence-corrected chi connectivity index (χ1v) is 11.3. The lowest BCUT2D eigenvalue weighted by Gasteiger charge is -2.26. The van der Waals surface area contributed by atoms with Crippen LogP contribution in [0.25, 0.3) is 5.65 Å². The molecule has 0 radical (unpaired) electrons. The fourth-order valence-corrected chi connectivity index (χ4v) is 5.16. The molecule has 3 aromatic rings. The SMILES string of the molecule is Cc1ccc(S(=O)(=O)N2CCCCC2)cc1NCCn1nc2ccccn2c1=O. The summed E-state index contributed by atoms with van der Waals surface area (Å²) < 4.78 is 30.3. The average molecular weight is 416 g/mol. The van der Waals surface area contributed by atoms with E-state index in [1.54, 1.807) is 34.8 Å². The average Bonchev–Trinajstić information content (AvgIpc) is 3.06. The van der Waals surface area contributed by atoms with Crippen molar-refractivity contribution in [2.24, 2.45) is 0 Å². The normalized spacial score (nSPS) is 15.6. The Hall–Kier alpha value is -2.65. The first kappa shape index (κ1) is 19.7. The number of aromatic nitrogens is 3. The molecule has 1 fully saturated rings. The van der Waals surface area contributed by atoms with E-state index in [1.807, 2.05) is 19.1 Å². The Morgan fingerprint density at radius 3 is 2.66 bits per heavy atom. The zero-order valence-corrected chi connectivity index (χ0v) is 17.2. The Morgan fingerprint density at radius 1 is 1.10 bits per heavy atom. The molecule has 1 saturated heterocycles. The second kappa shape index (κ2) is 8.00. The van der Waals surface area contributed by atoms with Crippen molar-refractivity contribution >= 4 is 21.4 Å². The van der Waals surface area contributed by atoms with Gasteiger partial charge < -0.3 is 5.32 Å². The van der Waals surface area contributed by atoms with Crippen molar-refractivity contribution in [1.82, 2.24) is 18.5 Å². The van der Waals surface area contributed by atoms with Gasteiger partial charge in [-0.2, -0.15) is 4.31 Å². The number of hydrogen-bond acceptors (Lipinski definition) is 5. The smallest absolute Gasteiger partial charge is 0.350 e. The molecule has 1 N–H and O–H groups in total. The maximum Gasteiger partial charge on any atom is 0.350 e. The van der Waals surface area contributed by atoms with Crippen molar-refractivity contribution in [2.75, 3.05) is 25.0 Å². The number of pyridine rings is 1. The van der Waals surface area contributed by atoms with Crippen molar-refractivity contribution in [3.8, 4) is 0 Å². The molecular weight excluding hydrogens is 390 g/mol. The van der Waals surface area contributed by atoms with E-state index >= 15 is 0 Å². The Balaban J connectivity index is 1.49. The lowest BCUT2D eigenvalue weighted by molar-refractivity contribution is 0.346. The number of benzene rings is 1. The van der Waals surface area contributed by atoms with Crippen LogP contribution in [-0.4, -0.2) is 46.5 Å². The molecule has 4 rings (SSSR count). The van der Waals surface area contributed by atoms with E-state index in [4.69, 9.17) is 0 Å². The Bertz CT molecular complexity index is 1180. The second-order valence-corrected chi connectivity index (χ2v) is 9.24. The number of sulfonamides is 1. The molecule has 1 aliphatic heterocycles. The summed E-state index contributed by atoms with van der Waals surface area (Å²) in [6.45, 7) is 3.92. The van der Waals surface area contributed by atoms with Gasteiger partial charge in [0, 0.05) is 31.5 Å². The molecule has 154 valence electrons. The molecule has 0 atom stereocenters. The van der Waals surface area contributed by atoms with E-state index in [-0.39, 0.29) is 5.69 Å². The van der Waals surface area contributed by atoms with E-state index in [9.17, 15) is 13.2 Å². The molecule has 2 aromatic heterocycles. The quantitative estimate of drug-likeness (QED) is 0.666. The number of nitrogens with zero attached hydrogens (tertiary/aromatic N) is 4. The Labute approximate surface area is 169 Å². The molecule has 0 saturated carbocycles. The highest BCUT2D eigenvalue weighted by atomic mass is 32.2. The fourth-order valence-electron chi connectivity index (χ4n) is 3.62. The van der Waals surface area contributed by atoms with Crippen molar-refractivity contribution in [3.63, 3.8) is 0 Å². The minimum atomic E-state index is -3.48. The maximum absolute atomic E-state index is 12.9. The maximum atomic E-state index is 12.9. The van der Waals surface area contributed by atoms with Gasteiger partial charge in [0.25, 0.3) is 0 Å². The molecular formula is C20H25N5O3S. The van der Waals surface area contributed by atoms with Gasteiger partial charge in [0.1, 0.15) is 0 Å². The van der Waals surface area contributed by atoms with E-state index < -0.39 is 10.0 Å². The zero-order valence-electron chi connectivity index (χ0n) is 16.4. The topological polar surface area (TPSA) is 88.7 Å². The molecule has 3 heterocycles. The molecule has 0 spiro atoms. The van der Waals surface area contributed by atoms with Gasteiger partial charge in [-0.15, -0.1) is 5.10 Å². The van der Waals surface area contributed by atoms with Gasteiger partial charge in [-0.1, -0.05) is 18.6 Å². The van der Waals surface area contributed by atoms with Crippen LogP contribution in [0.5, 0.6) is 0 Å². The first-order valence-electron chi connectivity index (χ1n) is 9.86. The Morgan fingerprint density at radius 2 is 1.90 bits per heavy atom. The van der Waals surface area contributed by atoms with Crippen LogP contribution < -0.4 is 11.0 Å². The predicted octanol–water partition coefficient (Wildman–Crippen LogP) is 2.09.